The molecule has 150 valence electrons. The lowest BCUT2D eigenvalue weighted by molar-refractivity contribution is -0.124. The number of ketones is 1. The van der Waals surface area contributed by atoms with E-state index in [0.29, 0.717) is 5.56 Å². The van der Waals surface area contributed by atoms with Crippen molar-refractivity contribution in [1.29, 1.82) is 0 Å². The summed E-state index contributed by atoms with van der Waals surface area (Å²) in [5, 5.41) is 4.17. The van der Waals surface area contributed by atoms with Crippen LogP contribution in [-0.4, -0.2) is 46.3 Å². The number of amides is 1. The normalized spacial score (nSPS) is 20.5. The van der Waals surface area contributed by atoms with E-state index in [0.717, 1.165) is 30.5 Å². The number of Topliss-reactive ketones (excluding diaryl/α,β-unsaturated/α-hetero) is 1. The molecule has 1 aromatic heterocycles. The number of rotatable bonds is 6. The smallest absolute Gasteiger partial charge is 0.242 e. The third kappa shape index (κ3) is 3.37. The number of benzene rings is 1. The van der Waals surface area contributed by atoms with Gasteiger partial charge in [-0.25, -0.2) is 0 Å². The summed E-state index contributed by atoms with van der Waals surface area (Å²) in [5.74, 6) is 0.0582. The Morgan fingerprint density at radius 1 is 1.11 bits per heavy atom. The van der Waals surface area contributed by atoms with Crippen LogP contribution in [0.3, 0.4) is 0 Å². The van der Waals surface area contributed by atoms with E-state index in [1.54, 1.807) is 6.92 Å². The van der Waals surface area contributed by atoms with E-state index in [2.05, 4.69) is 10.2 Å². The molecule has 2 aromatic rings. The zero-order valence-corrected chi connectivity index (χ0v) is 17.0. The van der Waals surface area contributed by atoms with Gasteiger partial charge in [-0.2, -0.15) is 0 Å². The van der Waals surface area contributed by atoms with Crippen LogP contribution in [0.1, 0.15) is 68.8 Å². The van der Waals surface area contributed by atoms with Gasteiger partial charge in [0.2, 0.25) is 5.91 Å². The minimum Gasteiger partial charge on any atom is -0.352 e. The van der Waals surface area contributed by atoms with Crippen molar-refractivity contribution >= 4 is 22.6 Å². The molecule has 1 atom stereocenters. The van der Waals surface area contributed by atoms with Crippen LogP contribution in [0, 0.1) is 0 Å². The minimum absolute atomic E-state index is 0.0290. The molecule has 28 heavy (non-hydrogen) atoms. The number of aromatic nitrogens is 1. The summed E-state index contributed by atoms with van der Waals surface area (Å²) in [5.41, 5.74) is 1.76. The lowest BCUT2D eigenvalue weighted by Gasteiger charge is -2.39. The lowest BCUT2D eigenvalue weighted by Crippen LogP contribution is -2.53. The van der Waals surface area contributed by atoms with Crippen LogP contribution in [0.4, 0.5) is 0 Å². The number of likely N-dealkylation sites (tertiary alicyclic amines) is 1. The lowest BCUT2D eigenvalue weighted by atomic mass is 9.95. The number of carbonyl (C=O) groups is 2. The summed E-state index contributed by atoms with van der Waals surface area (Å²) >= 11 is 0. The monoisotopic (exact) mass is 381 g/mol. The number of nitrogens with one attached hydrogen (secondary N) is 1. The van der Waals surface area contributed by atoms with Gasteiger partial charge in [0.05, 0.1) is 0 Å². The molecule has 2 heterocycles. The summed E-state index contributed by atoms with van der Waals surface area (Å²) < 4.78 is 1.94. The summed E-state index contributed by atoms with van der Waals surface area (Å²) in [6, 6.07) is 7.47. The molecule has 0 radical (unpaired) electrons. The van der Waals surface area contributed by atoms with Crippen LogP contribution in [0.15, 0.2) is 30.5 Å². The molecule has 1 saturated carbocycles. The van der Waals surface area contributed by atoms with E-state index < -0.39 is 0 Å². The van der Waals surface area contributed by atoms with Crippen molar-refractivity contribution in [1.82, 2.24) is 14.8 Å². The van der Waals surface area contributed by atoms with Crippen molar-refractivity contribution in [3.05, 3.63) is 36.0 Å². The van der Waals surface area contributed by atoms with Crippen molar-refractivity contribution in [3.8, 4) is 0 Å². The molecular weight excluding hydrogens is 350 g/mol. The number of hydrogen-bond donors (Lipinski definition) is 1. The third-order valence-corrected chi connectivity index (χ3v) is 6.82. The van der Waals surface area contributed by atoms with E-state index in [-0.39, 0.29) is 23.3 Å². The largest absolute Gasteiger partial charge is 0.352 e. The number of hydrogen-bond acceptors (Lipinski definition) is 3. The summed E-state index contributed by atoms with van der Waals surface area (Å²) in [7, 11) is 0. The first-order valence-corrected chi connectivity index (χ1v) is 10.7. The standard InChI is InChI=1S/C23H31N3O2/c1-17(26-15-20(18(2)27)19-9-3-4-10-21(19)26)22(28)24-16-23(11-5-6-12-23)25-13-7-8-14-25/h3-4,9-10,15,17H,5-8,11-14,16H2,1-2H3,(H,24,28). The van der Waals surface area contributed by atoms with Crippen molar-refractivity contribution < 1.29 is 9.59 Å². The molecule has 1 aromatic carbocycles. The Hall–Kier alpha value is -2.14. The Kier molecular flexibility index (Phi) is 5.28. The van der Waals surface area contributed by atoms with Gasteiger partial charge in [0, 0.05) is 34.7 Å². The van der Waals surface area contributed by atoms with E-state index >= 15 is 0 Å². The maximum atomic E-state index is 13.0. The second-order valence-electron chi connectivity index (χ2n) is 8.54. The summed E-state index contributed by atoms with van der Waals surface area (Å²) in [6.07, 6.45) is 9.26. The Morgan fingerprint density at radius 3 is 2.46 bits per heavy atom. The van der Waals surface area contributed by atoms with Gasteiger partial charge in [-0.05, 0) is 58.7 Å². The van der Waals surface area contributed by atoms with E-state index in [9.17, 15) is 9.59 Å². The highest BCUT2D eigenvalue weighted by atomic mass is 16.2. The molecule has 1 N–H and O–H groups in total. The zero-order chi connectivity index (χ0) is 19.7. The SMILES string of the molecule is CC(=O)c1cn(C(C)C(=O)NCC2(N3CCCC3)CCCC2)c2ccccc12. The maximum Gasteiger partial charge on any atom is 0.242 e. The van der Waals surface area contributed by atoms with E-state index in [4.69, 9.17) is 0 Å². The van der Waals surface area contributed by atoms with Gasteiger partial charge in [0.15, 0.2) is 5.78 Å². The van der Waals surface area contributed by atoms with E-state index in [1.807, 2.05) is 42.0 Å². The molecule has 2 fully saturated rings. The van der Waals surface area contributed by atoms with Gasteiger partial charge in [0.1, 0.15) is 6.04 Å². The number of fused-ring (bicyclic) bond motifs is 1. The fraction of sp³-hybridized carbons (Fsp3) is 0.565. The van der Waals surface area contributed by atoms with Gasteiger partial charge in [-0.15, -0.1) is 0 Å². The van der Waals surface area contributed by atoms with Crippen LogP contribution in [0.5, 0.6) is 0 Å². The molecule has 1 amide bonds. The van der Waals surface area contributed by atoms with Crippen molar-refractivity contribution in [2.24, 2.45) is 0 Å². The first kappa shape index (κ1) is 19.2. The second-order valence-corrected chi connectivity index (χ2v) is 8.54. The summed E-state index contributed by atoms with van der Waals surface area (Å²) in [6.45, 7) is 6.56. The predicted octanol–water partition coefficient (Wildman–Crippen LogP) is 3.93. The quantitative estimate of drug-likeness (QED) is 0.772. The second kappa shape index (κ2) is 7.70. The average molecular weight is 382 g/mol. The molecule has 0 bridgehead atoms. The van der Waals surface area contributed by atoms with E-state index in [1.165, 1.54) is 38.5 Å². The van der Waals surface area contributed by atoms with Crippen LogP contribution >= 0.6 is 0 Å². The van der Waals surface area contributed by atoms with Crippen LogP contribution in [-0.2, 0) is 4.79 Å². The average Bonchev–Trinajstić information content (AvgIpc) is 3.45. The van der Waals surface area contributed by atoms with Crippen LogP contribution < -0.4 is 5.32 Å². The molecule has 1 aliphatic carbocycles. The number of para-hydroxylation sites is 1. The Balaban J connectivity index is 1.52. The molecule has 5 heteroatoms. The molecule has 2 aliphatic rings. The molecule has 1 aliphatic heterocycles. The van der Waals surface area contributed by atoms with Crippen molar-refractivity contribution in [2.45, 2.75) is 64.0 Å². The molecule has 1 unspecified atom stereocenters. The molecule has 4 rings (SSSR count). The van der Waals surface area contributed by atoms with Crippen LogP contribution in [0.2, 0.25) is 0 Å². The first-order valence-electron chi connectivity index (χ1n) is 10.7. The van der Waals surface area contributed by atoms with Gasteiger partial charge in [0.25, 0.3) is 0 Å². The minimum atomic E-state index is -0.352. The van der Waals surface area contributed by atoms with Gasteiger partial charge >= 0.3 is 0 Å². The number of nitrogens with zero attached hydrogens (tertiary/aromatic N) is 2. The van der Waals surface area contributed by atoms with Gasteiger partial charge in [-0.3, -0.25) is 14.5 Å². The number of carbonyl (C=O) groups excluding carboxylic acids is 2. The van der Waals surface area contributed by atoms with Gasteiger partial charge in [-0.1, -0.05) is 31.0 Å². The fourth-order valence-electron chi connectivity index (χ4n) is 5.16. The molecule has 5 nitrogen and oxygen atoms in total. The van der Waals surface area contributed by atoms with Crippen LogP contribution in [0.25, 0.3) is 10.9 Å². The van der Waals surface area contributed by atoms with Crippen molar-refractivity contribution in [3.63, 3.8) is 0 Å². The highest BCUT2D eigenvalue weighted by molar-refractivity contribution is 6.07. The molecule has 0 spiro atoms. The molecule has 1 saturated heterocycles. The maximum absolute atomic E-state index is 13.0. The van der Waals surface area contributed by atoms with Gasteiger partial charge < -0.3 is 9.88 Å². The van der Waals surface area contributed by atoms with Crippen molar-refractivity contribution in [2.75, 3.05) is 19.6 Å². The topological polar surface area (TPSA) is 54.3 Å². The fourth-order valence-corrected chi connectivity index (χ4v) is 5.16. The summed E-state index contributed by atoms with van der Waals surface area (Å²) in [4.78, 5) is 27.7. The first-order chi connectivity index (χ1) is 13.5. The zero-order valence-electron chi connectivity index (χ0n) is 17.0. The predicted molar refractivity (Wildman–Crippen MR) is 112 cm³/mol. The third-order valence-electron chi connectivity index (χ3n) is 6.82. The highest BCUT2D eigenvalue weighted by Gasteiger charge is 2.41. The highest BCUT2D eigenvalue weighted by Crippen LogP contribution is 2.37. The Bertz CT molecular complexity index is 873. The Labute approximate surface area is 167 Å². The Morgan fingerprint density at radius 2 is 1.79 bits per heavy atom. The molecular formula is C23H31N3O2.